The summed E-state index contributed by atoms with van der Waals surface area (Å²) in [5.74, 6) is 0.871. The molecule has 1 aromatic rings. The highest BCUT2D eigenvalue weighted by Crippen LogP contribution is 2.27. The van der Waals surface area contributed by atoms with E-state index >= 15 is 0 Å². The van der Waals surface area contributed by atoms with Gasteiger partial charge in [-0.25, -0.2) is 0 Å². The van der Waals surface area contributed by atoms with Crippen molar-refractivity contribution in [3.05, 3.63) is 18.0 Å². The lowest BCUT2D eigenvalue weighted by atomic mass is 9.85. The van der Waals surface area contributed by atoms with Crippen LogP contribution in [0.4, 0.5) is 0 Å². The van der Waals surface area contributed by atoms with Gasteiger partial charge in [-0.3, -0.25) is 4.68 Å². The zero-order chi connectivity index (χ0) is 8.39. The van der Waals surface area contributed by atoms with Gasteiger partial charge in [0.1, 0.15) is 0 Å². The predicted octanol–water partition coefficient (Wildman–Crippen LogP) is 1.14. The summed E-state index contributed by atoms with van der Waals surface area (Å²) in [5.41, 5.74) is 6.46. The first kappa shape index (κ1) is 7.80. The molecule has 0 aliphatic heterocycles. The van der Waals surface area contributed by atoms with Crippen LogP contribution in [-0.4, -0.2) is 9.78 Å². The summed E-state index contributed by atoms with van der Waals surface area (Å²) in [4.78, 5) is 0. The second kappa shape index (κ2) is 3.27. The van der Waals surface area contributed by atoms with Gasteiger partial charge in [0.25, 0.3) is 0 Å². The molecule has 12 heavy (non-hydrogen) atoms. The molecule has 1 aliphatic rings. The first-order valence-electron chi connectivity index (χ1n) is 4.61. The summed E-state index contributed by atoms with van der Waals surface area (Å²) in [5, 5.41) is 4.34. The Hall–Kier alpha value is -0.830. The smallest absolute Gasteiger partial charge is 0.0760 e. The third-order valence-corrected chi connectivity index (χ3v) is 2.58. The first-order valence-corrected chi connectivity index (χ1v) is 4.61. The molecule has 2 N–H and O–H groups in total. The second-order valence-electron chi connectivity index (χ2n) is 3.53. The van der Waals surface area contributed by atoms with E-state index in [1.54, 1.807) is 0 Å². The first-order chi connectivity index (χ1) is 5.88. The molecule has 0 radical (unpaired) electrons. The SMILES string of the molecule is NCc1ccn(CC2CCC2)n1. The van der Waals surface area contributed by atoms with Crippen molar-refractivity contribution in [2.75, 3.05) is 0 Å². The van der Waals surface area contributed by atoms with Crippen molar-refractivity contribution in [3.8, 4) is 0 Å². The summed E-state index contributed by atoms with van der Waals surface area (Å²) >= 11 is 0. The van der Waals surface area contributed by atoms with E-state index in [0.29, 0.717) is 6.54 Å². The van der Waals surface area contributed by atoms with Crippen molar-refractivity contribution < 1.29 is 0 Å². The topological polar surface area (TPSA) is 43.8 Å². The largest absolute Gasteiger partial charge is 0.325 e. The lowest BCUT2D eigenvalue weighted by Crippen LogP contribution is -2.18. The van der Waals surface area contributed by atoms with Gasteiger partial charge >= 0.3 is 0 Å². The average molecular weight is 165 g/mol. The highest BCUT2D eigenvalue weighted by molar-refractivity contribution is 4.97. The number of hydrogen-bond donors (Lipinski definition) is 1. The predicted molar refractivity (Wildman–Crippen MR) is 47.5 cm³/mol. The Balaban J connectivity index is 1.93. The summed E-state index contributed by atoms with van der Waals surface area (Å²) in [6, 6.07) is 2.00. The monoisotopic (exact) mass is 165 g/mol. The molecule has 66 valence electrons. The van der Waals surface area contributed by atoms with Crippen LogP contribution in [0.25, 0.3) is 0 Å². The molecule has 0 unspecified atom stereocenters. The molecular formula is C9H15N3. The van der Waals surface area contributed by atoms with E-state index in [-0.39, 0.29) is 0 Å². The van der Waals surface area contributed by atoms with Crippen molar-refractivity contribution in [2.24, 2.45) is 11.7 Å². The molecule has 2 rings (SSSR count). The molecule has 1 saturated carbocycles. The fraction of sp³-hybridized carbons (Fsp3) is 0.667. The van der Waals surface area contributed by atoms with E-state index in [9.17, 15) is 0 Å². The van der Waals surface area contributed by atoms with Crippen LogP contribution < -0.4 is 5.73 Å². The molecule has 0 aromatic carbocycles. The van der Waals surface area contributed by atoms with Crippen LogP contribution in [0.2, 0.25) is 0 Å². The van der Waals surface area contributed by atoms with Crippen LogP contribution >= 0.6 is 0 Å². The summed E-state index contributed by atoms with van der Waals surface area (Å²) in [6.07, 6.45) is 6.17. The van der Waals surface area contributed by atoms with Crippen LogP contribution in [0.15, 0.2) is 12.3 Å². The Labute approximate surface area is 72.6 Å². The Bertz CT molecular complexity index is 250. The lowest BCUT2D eigenvalue weighted by Gasteiger charge is -2.24. The number of rotatable bonds is 3. The van der Waals surface area contributed by atoms with Gasteiger partial charge in [0.2, 0.25) is 0 Å². The normalized spacial score (nSPS) is 17.8. The van der Waals surface area contributed by atoms with E-state index in [4.69, 9.17) is 5.73 Å². The Morgan fingerprint density at radius 2 is 2.42 bits per heavy atom. The number of nitrogens with two attached hydrogens (primary N) is 1. The van der Waals surface area contributed by atoms with E-state index in [1.807, 2.05) is 16.9 Å². The van der Waals surface area contributed by atoms with Gasteiger partial charge in [-0.2, -0.15) is 5.10 Å². The van der Waals surface area contributed by atoms with Gasteiger partial charge in [-0.1, -0.05) is 6.42 Å². The van der Waals surface area contributed by atoms with Crippen LogP contribution in [0.3, 0.4) is 0 Å². The fourth-order valence-corrected chi connectivity index (χ4v) is 1.55. The fourth-order valence-electron chi connectivity index (χ4n) is 1.55. The summed E-state index contributed by atoms with van der Waals surface area (Å²) < 4.78 is 2.02. The van der Waals surface area contributed by atoms with Gasteiger partial charge in [0.15, 0.2) is 0 Å². The summed E-state index contributed by atoms with van der Waals surface area (Å²) in [7, 11) is 0. The van der Waals surface area contributed by atoms with Crippen LogP contribution in [0, 0.1) is 5.92 Å². The standard InChI is InChI=1S/C9H15N3/c10-6-9-4-5-12(11-9)7-8-2-1-3-8/h4-5,8H,1-3,6-7,10H2. The molecular weight excluding hydrogens is 150 g/mol. The van der Waals surface area contributed by atoms with E-state index in [1.165, 1.54) is 19.3 Å². The average Bonchev–Trinajstić information content (AvgIpc) is 2.44. The minimum Gasteiger partial charge on any atom is -0.325 e. The molecule has 0 atom stereocenters. The van der Waals surface area contributed by atoms with Gasteiger partial charge in [0, 0.05) is 19.3 Å². The van der Waals surface area contributed by atoms with Crippen molar-refractivity contribution in [1.82, 2.24) is 9.78 Å². The van der Waals surface area contributed by atoms with Gasteiger partial charge in [-0.05, 0) is 24.8 Å². The van der Waals surface area contributed by atoms with Gasteiger partial charge in [-0.15, -0.1) is 0 Å². The molecule has 0 amide bonds. The quantitative estimate of drug-likeness (QED) is 0.730. The molecule has 0 spiro atoms. The molecule has 3 heteroatoms. The highest BCUT2D eigenvalue weighted by Gasteiger charge is 2.17. The third-order valence-electron chi connectivity index (χ3n) is 2.58. The van der Waals surface area contributed by atoms with Crippen molar-refractivity contribution >= 4 is 0 Å². The maximum absolute atomic E-state index is 5.46. The van der Waals surface area contributed by atoms with Crippen LogP contribution in [-0.2, 0) is 13.1 Å². The molecule has 1 fully saturated rings. The number of nitrogens with zero attached hydrogens (tertiary/aromatic N) is 2. The zero-order valence-corrected chi connectivity index (χ0v) is 7.24. The van der Waals surface area contributed by atoms with Gasteiger partial charge < -0.3 is 5.73 Å². The van der Waals surface area contributed by atoms with Crippen molar-refractivity contribution in [1.29, 1.82) is 0 Å². The number of aromatic nitrogens is 2. The zero-order valence-electron chi connectivity index (χ0n) is 7.24. The highest BCUT2D eigenvalue weighted by atomic mass is 15.3. The maximum Gasteiger partial charge on any atom is 0.0760 e. The maximum atomic E-state index is 5.46. The van der Waals surface area contributed by atoms with Crippen molar-refractivity contribution in [3.63, 3.8) is 0 Å². The molecule has 3 nitrogen and oxygen atoms in total. The third kappa shape index (κ3) is 1.50. The summed E-state index contributed by atoms with van der Waals surface area (Å²) in [6.45, 7) is 1.64. The molecule has 1 heterocycles. The Kier molecular flexibility index (Phi) is 2.13. The molecule has 1 aliphatic carbocycles. The van der Waals surface area contributed by atoms with Crippen molar-refractivity contribution in [2.45, 2.75) is 32.4 Å². The van der Waals surface area contributed by atoms with Crippen LogP contribution in [0.1, 0.15) is 25.0 Å². The van der Waals surface area contributed by atoms with Gasteiger partial charge in [0.05, 0.1) is 5.69 Å². The van der Waals surface area contributed by atoms with E-state index < -0.39 is 0 Å². The second-order valence-corrected chi connectivity index (χ2v) is 3.53. The Morgan fingerprint density at radius 1 is 1.58 bits per heavy atom. The number of hydrogen-bond acceptors (Lipinski definition) is 2. The van der Waals surface area contributed by atoms with E-state index in [0.717, 1.165) is 18.2 Å². The minimum atomic E-state index is 0.553. The lowest BCUT2D eigenvalue weighted by molar-refractivity contribution is 0.266. The van der Waals surface area contributed by atoms with Crippen LogP contribution in [0.5, 0.6) is 0 Å². The molecule has 0 saturated heterocycles. The molecule has 1 aromatic heterocycles. The molecule has 0 bridgehead atoms. The van der Waals surface area contributed by atoms with E-state index in [2.05, 4.69) is 5.10 Å². The Morgan fingerprint density at radius 3 is 2.92 bits per heavy atom. The minimum absolute atomic E-state index is 0.553.